The third kappa shape index (κ3) is 2.71. The lowest BCUT2D eigenvalue weighted by atomic mass is 10.0. The molecule has 0 aromatic heterocycles. The smallest absolute Gasteiger partial charge is 0.241 e. The molecular weight excluding hydrogens is 255 g/mol. The average molecular weight is 272 g/mol. The Kier molecular flexibility index (Phi) is 3.70. The van der Waals surface area contributed by atoms with E-state index in [1.54, 1.807) is 0 Å². The van der Waals surface area contributed by atoms with Gasteiger partial charge in [-0.15, -0.1) is 0 Å². The number of hydrogen-bond acceptors (Lipinski definition) is 3. The van der Waals surface area contributed by atoms with Gasteiger partial charge in [-0.05, 0) is 37.1 Å². The highest BCUT2D eigenvalue weighted by Gasteiger charge is 2.36. The molecule has 4 nitrogen and oxygen atoms in total. The standard InChI is InChI=1S/C12H17FN2O2S/c13-10-3-5-11(6-4-10)18(16,17)15-12(9-14)7-1-2-8-12/h3-6,15H,1-2,7-9,14H2. The lowest BCUT2D eigenvalue weighted by Crippen LogP contribution is -2.51. The van der Waals surface area contributed by atoms with Crippen LogP contribution in [-0.2, 0) is 10.0 Å². The first-order chi connectivity index (χ1) is 8.47. The molecular formula is C12H17FN2O2S. The second-order valence-electron chi connectivity index (χ2n) is 4.75. The van der Waals surface area contributed by atoms with Crippen LogP contribution in [0.3, 0.4) is 0 Å². The van der Waals surface area contributed by atoms with Crippen molar-refractivity contribution >= 4 is 10.0 Å². The summed E-state index contributed by atoms with van der Waals surface area (Å²) in [5, 5.41) is 0. The molecule has 0 bridgehead atoms. The maximum absolute atomic E-state index is 12.8. The molecule has 0 heterocycles. The SMILES string of the molecule is NCC1(NS(=O)(=O)c2ccc(F)cc2)CCCC1. The number of nitrogens with one attached hydrogen (secondary N) is 1. The molecule has 1 fully saturated rings. The van der Waals surface area contributed by atoms with Gasteiger partial charge in [0.1, 0.15) is 5.82 Å². The first kappa shape index (κ1) is 13.5. The Bertz CT molecular complexity index is 507. The van der Waals surface area contributed by atoms with Gasteiger partial charge in [-0.2, -0.15) is 0 Å². The van der Waals surface area contributed by atoms with Crippen LogP contribution in [0.1, 0.15) is 25.7 Å². The van der Waals surface area contributed by atoms with Gasteiger partial charge in [0.15, 0.2) is 0 Å². The lowest BCUT2D eigenvalue weighted by Gasteiger charge is -2.28. The minimum atomic E-state index is -3.63. The van der Waals surface area contributed by atoms with Crippen molar-refractivity contribution < 1.29 is 12.8 Å². The Morgan fingerprint density at radius 1 is 1.22 bits per heavy atom. The average Bonchev–Trinajstić information content (AvgIpc) is 2.78. The van der Waals surface area contributed by atoms with Crippen LogP contribution >= 0.6 is 0 Å². The molecule has 100 valence electrons. The summed E-state index contributed by atoms with van der Waals surface area (Å²) in [4.78, 5) is 0.0728. The van der Waals surface area contributed by atoms with E-state index in [0.29, 0.717) is 0 Å². The topological polar surface area (TPSA) is 72.2 Å². The molecule has 0 atom stereocenters. The molecule has 18 heavy (non-hydrogen) atoms. The van der Waals surface area contributed by atoms with Gasteiger partial charge in [-0.3, -0.25) is 0 Å². The minimum absolute atomic E-state index is 0.0728. The highest BCUT2D eigenvalue weighted by molar-refractivity contribution is 7.89. The number of nitrogens with two attached hydrogens (primary N) is 1. The third-order valence-corrected chi connectivity index (χ3v) is 5.02. The zero-order valence-corrected chi connectivity index (χ0v) is 10.8. The van der Waals surface area contributed by atoms with Crippen LogP contribution in [0.15, 0.2) is 29.2 Å². The van der Waals surface area contributed by atoms with E-state index >= 15 is 0 Å². The number of rotatable bonds is 4. The summed E-state index contributed by atoms with van der Waals surface area (Å²) in [7, 11) is -3.63. The van der Waals surface area contributed by atoms with Gasteiger partial charge >= 0.3 is 0 Å². The van der Waals surface area contributed by atoms with Crippen LogP contribution in [0.5, 0.6) is 0 Å². The Balaban J connectivity index is 2.24. The van der Waals surface area contributed by atoms with E-state index in [9.17, 15) is 12.8 Å². The largest absolute Gasteiger partial charge is 0.329 e. The Labute approximate surface area is 106 Å². The van der Waals surface area contributed by atoms with Crippen LogP contribution in [0.25, 0.3) is 0 Å². The van der Waals surface area contributed by atoms with E-state index in [1.165, 1.54) is 12.1 Å². The molecule has 0 spiro atoms. The predicted octanol–water partition coefficient (Wildman–Crippen LogP) is 1.38. The van der Waals surface area contributed by atoms with E-state index in [2.05, 4.69) is 4.72 Å². The molecule has 0 amide bonds. The van der Waals surface area contributed by atoms with E-state index in [0.717, 1.165) is 37.8 Å². The van der Waals surface area contributed by atoms with Crippen LogP contribution in [-0.4, -0.2) is 20.5 Å². The zero-order chi connectivity index (χ0) is 13.2. The van der Waals surface area contributed by atoms with Gasteiger partial charge < -0.3 is 5.73 Å². The molecule has 3 N–H and O–H groups in total. The highest BCUT2D eigenvalue weighted by Crippen LogP contribution is 2.30. The maximum Gasteiger partial charge on any atom is 0.241 e. The molecule has 1 aromatic carbocycles. The molecule has 1 saturated carbocycles. The van der Waals surface area contributed by atoms with Crippen LogP contribution in [0, 0.1) is 5.82 Å². The van der Waals surface area contributed by atoms with Crippen molar-refractivity contribution in [1.29, 1.82) is 0 Å². The Morgan fingerprint density at radius 3 is 2.28 bits per heavy atom. The zero-order valence-electron chi connectivity index (χ0n) is 10.0. The summed E-state index contributed by atoms with van der Waals surface area (Å²) in [6.45, 7) is 0.285. The molecule has 0 unspecified atom stereocenters. The fourth-order valence-corrected chi connectivity index (χ4v) is 3.83. The number of hydrogen-bond donors (Lipinski definition) is 2. The Hall–Kier alpha value is -0.980. The van der Waals surface area contributed by atoms with Crippen molar-refractivity contribution in [3.63, 3.8) is 0 Å². The molecule has 0 aliphatic heterocycles. The van der Waals surface area contributed by atoms with E-state index in [4.69, 9.17) is 5.73 Å². The molecule has 6 heteroatoms. The van der Waals surface area contributed by atoms with Crippen molar-refractivity contribution in [3.8, 4) is 0 Å². The van der Waals surface area contributed by atoms with Crippen molar-refractivity contribution in [2.75, 3.05) is 6.54 Å². The summed E-state index contributed by atoms with van der Waals surface area (Å²) in [5.74, 6) is -0.455. The van der Waals surface area contributed by atoms with Crippen molar-refractivity contribution in [2.24, 2.45) is 5.73 Å². The van der Waals surface area contributed by atoms with Gasteiger partial charge in [0.05, 0.1) is 4.90 Å². The van der Waals surface area contributed by atoms with Gasteiger partial charge in [0.2, 0.25) is 10.0 Å². The molecule has 0 saturated heterocycles. The monoisotopic (exact) mass is 272 g/mol. The fourth-order valence-electron chi connectivity index (χ4n) is 2.36. The first-order valence-electron chi connectivity index (χ1n) is 5.97. The maximum atomic E-state index is 12.8. The van der Waals surface area contributed by atoms with Crippen LogP contribution in [0.2, 0.25) is 0 Å². The second-order valence-corrected chi connectivity index (χ2v) is 6.43. The van der Waals surface area contributed by atoms with Crippen LogP contribution < -0.4 is 10.5 Å². The van der Waals surface area contributed by atoms with Crippen molar-refractivity contribution in [1.82, 2.24) is 4.72 Å². The van der Waals surface area contributed by atoms with E-state index < -0.39 is 21.4 Å². The fraction of sp³-hybridized carbons (Fsp3) is 0.500. The summed E-state index contributed by atoms with van der Waals surface area (Å²) in [6.07, 6.45) is 3.46. The van der Waals surface area contributed by atoms with Crippen molar-refractivity contribution in [2.45, 2.75) is 36.1 Å². The number of sulfonamides is 1. The summed E-state index contributed by atoms with van der Waals surface area (Å²) in [5.41, 5.74) is 5.16. The molecule has 1 aliphatic carbocycles. The van der Waals surface area contributed by atoms with Gasteiger partial charge in [-0.1, -0.05) is 12.8 Å². The third-order valence-electron chi connectivity index (χ3n) is 3.43. The van der Waals surface area contributed by atoms with Gasteiger partial charge in [-0.25, -0.2) is 17.5 Å². The first-order valence-corrected chi connectivity index (χ1v) is 7.45. The van der Waals surface area contributed by atoms with E-state index in [1.807, 2.05) is 0 Å². The van der Waals surface area contributed by atoms with Gasteiger partial charge in [0, 0.05) is 12.1 Å². The quantitative estimate of drug-likeness (QED) is 0.869. The van der Waals surface area contributed by atoms with E-state index in [-0.39, 0.29) is 11.4 Å². The normalized spacial score (nSPS) is 19.0. The van der Waals surface area contributed by atoms with Crippen molar-refractivity contribution in [3.05, 3.63) is 30.1 Å². The molecule has 0 radical (unpaired) electrons. The number of benzene rings is 1. The lowest BCUT2D eigenvalue weighted by molar-refractivity contribution is 0.399. The minimum Gasteiger partial charge on any atom is -0.329 e. The molecule has 2 rings (SSSR count). The summed E-state index contributed by atoms with van der Waals surface area (Å²) < 4.78 is 39.8. The second kappa shape index (κ2) is 4.95. The van der Waals surface area contributed by atoms with Crippen LogP contribution in [0.4, 0.5) is 4.39 Å². The Morgan fingerprint density at radius 2 is 1.78 bits per heavy atom. The van der Waals surface area contributed by atoms with Gasteiger partial charge in [0.25, 0.3) is 0 Å². The predicted molar refractivity (Wildman–Crippen MR) is 67.0 cm³/mol. The molecule has 1 aromatic rings. The summed E-state index contributed by atoms with van der Waals surface area (Å²) in [6, 6.07) is 4.80. The highest BCUT2D eigenvalue weighted by atomic mass is 32.2. The molecule has 1 aliphatic rings. The number of halogens is 1. The summed E-state index contributed by atoms with van der Waals surface area (Å²) >= 11 is 0.